The lowest BCUT2D eigenvalue weighted by atomic mass is 10.1. The summed E-state index contributed by atoms with van der Waals surface area (Å²) in [5.74, 6) is 2.41. The molecule has 0 atom stereocenters. The van der Waals surface area contributed by atoms with E-state index in [0.29, 0.717) is 11.6 Å². The van der Waals surface area contributed by atoms with Crippen LogP contribution in [0.4, 0.5) is 5.82 Å². The first kappa shape index (κ1) is 10.7. The maximum Gasteiger partial charge on any atom is 0.231 e. The van der Waals surface area contributed by atoms with Crippen molar-refractivity contribution >= 4 is 5.82 Å². The molecular formula is C13H12N2O3. The quantitative estimate of drug-likeness (QED) is 0.875. The predicted octanol–water partition coefficient (Wildman–Crippen LogP) is 2.07. The zero-order chi connectivity index (χ0) is 12.5. The summed E-state index contributed by atoms with van der Waals surface area (Å²) >= 11 is 0. The molecule has 5 nitrogen and oxygen atoms in total. The van der Waals surface area contributed by atoms with Gasteiger partial charge < -0.3 is 19.9 Å². The maximum atomic E-state index is 5.79. The highest BCUT2D eigenvalue weighted by atomic mass is 16.7. The fourth-order valence-electron chi connectivity index (χ4n) is 1.85. The van der Waals surface area contributed by atoms with E-state index in [0.717, 1.165) is 22.8 Å². The van der Waals surface area contributed by atoms with Gasteiger partial charge in [-0.3, -0.25) is 0 Å². The molecule has 1 aromatic carbocycles. The van der Waals surface area contributed by atoms with Crippen molar-refractivity contribution in [3.05, 3.63) is 30.3 Å². The summed E-state index contributed by atoms with van der Waals surface area (Å²) in [6.45, 7) is 0.261. The Bertz CT molecular complexity index is 599. The molecule has 0 aliphatic carbocycles. The molecule has 0 saturated heterocycles. The number of anilines is 1. The Labute approximate surface area is 104 Å². The zero-order valence-corrected chi connectivity index (χ0v) is 9.84. The van der Waals surface area contributed by atoms with Crippen molar-refractivity contribution in [3.63, 3.8) is 0 Å². The highest BCUT2D eigenvalue weighted by Crippen LogP contribution is 2.36. The molecule has 0 radical (unpaired) electrons. The van der Waals surface area contributed by atoms with Gasteiger partial charge in [0, 0.05) is 5.56 Å². The Morgan fingerprint density at radius 3 is 2.78 bits per heavy atom. The number of ether oxygens (including phenoxy) is 3. The third kappa shape index (κ3) is 1.69. The second-order valence-corrected chi connectivity index (χ2v) is 3.85. The summed E-state index contributed by atoms with van der Waals surface area (Å²) in [5.41, 5.74) is 7.48. The van der Waals surface area contributed by atoms with Crippen LogP contribution in [0.25, 0.3) is 11.3 Å². The van der Waals surface area contributed by atoms with Gasteiger partial charge >= 0.3 is 0 Å². The summed E-state index contributed by atoms with van der Waals surface area (Å²) in [7, 11) is 1.56. The fourth-order valence-corrected chi connectivity index (χ4v) is 1.85. The zero-order valence-electron chi connectivity index (χ0n) is 9.84. The smallest absolute Gasteiger partial charge is 0.231 e. The highest BCUT2D eigenvalue weighted by molar-refractivity contribution is 5.67. The molecule has 0 amide bonds. The minimum Gasteiger partial charge on any atom is -0.493 e. The molecule has 1 aromatic heterocycles. The molecule has 0 fully saturated rings. The third-order valence-corrected chi connectivity index (χ3v) is 2.77. The van der Waals surface area contributed by atoms with Crippen LogP contribution in [-0.2, 0) is 0 Å². The number of fused-ring (bicyclic) bond motifs is 1. The Morgan fingerprint density at radius 1 is 1.17 bits per heavy atom. The lowest BCUT2D eigenvalue weighted by Gasteiger charge is -2.06. The molecule has 0 bridgehead atoms. The van der Waals surface area contributed by atoms with Gasteiger partial charge in [-0.15, -0.1) is 0 Å². The van der Waals surface area contributed by atoms with E-state index in [1.165, 1.54) is 0 Å². The van der Waals surface area contributed by atoms with Crippen LogP contribution in [0, 0.1) is 0 Å². The van der Waals surface area contributed by atoms with Crippen molar-refractivity contribution < 1.29 is 14.2 Å². The number of aromatic nitrogens is 1. The average molecular weight is 244 g/mol. The van der Waals surface area contributed by atoms with E-state index >= 15 is 0 Å². The summed E-state index contributed by atoms with van der Waals surface area (Å²) < 4.78 is 15.7. The molecule has 0 unspecified atom stereocenters. The normalized spacial score (nSPS) is 12.5. The predicted molar refractivity (Wildman–Crippen MR) is 66.8 cm³/mol. The van der Waals surface area contributed by atoms with Crippen LogP contribution < -0.4 is 19.9 Å². The van der Waals surface area contributed by atoms with Crippen LogP contribution in [-0.4, -0.2) is 18.9 Å². The highest BCUT2D eigenvalue weighted by Gasteiger charge is 2.14. The topological polar surface area (TPSA) is 66.6 Å². The number of hydrogen-bond acceptors (Lipinski definition) is 5. The number of rotatable bonds is 2. The monoisotopic (exact) mass is 244 g/mol. The van der Waals surface area contributed by atoms with Gasteiger partial charge in [-0.25, -0.2) is 4.98 Å². The molecular weight excluding hydrogens is 232 g/mol. The lowest BCUT2D eigenvalue weighted by Crippen LogP contribution is -1.96. The van der Waals surface area contributed by atoms with Gasteiger partial charge in [0.05, 0.1) is 12.8 Å². The average Bonchev–Trinajstić information content (AvgIpc) is 2.85. The van der Waals surface area contributed by atoms with Crippen molar-refractivity contribution in [1.82, 2.24) is 4.98 Å². The fraction of sp³-hybridized carbons (Fsp3) is 0.154. The van der Waals surface area contributed by atoms with Crippen LogP contribution in [0.1, 0.15) is 0 Å². The second kappa shape index (κ2) is 4.10. The number of methoxy groups -OCH3 is 1. The number of nitrogen functional groups attached to an aromatic ring is 1. The van der Waals surface area contributed by atoms with E-state index in [4.69, 9.17) is 19.9 Å². The van der Waals surface area contributed by atoms with Gasteiger partial charge in [-0.1, -0.05) is 0 Å². The molecule has 0 spiro atoms. The second-order valence-electron chi connectivity index (χ2n) is 3.85. The Hall–Kier alpha value is -2.43. The molecule has 3 rings (SSSR count). The van der Waals surface area contributed by atoms with Gasteiger partial charge in [0.2, 0.25) is 6.79 Å². The standard InChI is InChI=1S/C13H12N2O3/c1-16-11-5-3-9(15-13(11)14)8-2-4-10-12(6-8)18-7-17-10/h2-6H,7H2,1H3,(H2,14,15). The SMILES string of the molecule is COc1ccc(-c2ccc3c(c2)OCO3)nc1N. The van der Waals surface area contributed by atoms with E-state index < -0.39 is 0 Å². The van der Waals surface area contributed by atoms with Crippen molar-refractivity contribution in [2.24, 2.45) is 0 Å². The number of nitrogens with two attached hydrogens (primary N) is 1. The molecule has 1 aliphatic rings. The summed E-state index contributed by atoms with van der Waals surface area (Å²) in [4.78, 5) is 4.30. The van der Waals surface area contributed by atoms with Gasteiger partial charge in [-0.05, 0) is 30.3 Å². The number of hydrogen-bond donors (Lipinski definition) is 1. The van der Waals surface area contributed by atoms with Gasteiger partial charge in [-0.2, -0.15) is 0 Å². The van der Waals surface area contributed by atoms with E-state index in [-0.39, 0.29) is 6.79 Å². The first-order valence-corrected chi connectivity index (χ1v) is 5.48. The molecule has 18 heavy (non-hydrogen) atoms. The summed E-state index contributed by atoms with van der Waals surface area (Å²) in [6, 6.07) is 9.31. The van der Waals surface area contributed by atoms with Crippen LogP contribution in [0.3, 0.4) is 0 Å². The first-order valence-electron chi connectivity index (χ1n) is 5.48. The number of benzene rings is 1. The van der Waals surface area contributed by atoms with Crippen LogP contribution >= 0.6 is 0 Å². The van der Waals surface area contributed by atoms with E-state index in [1.807, 2.05) is 24.3 Å². The van der Waals surface area contributed by atoms with Crippen LogP contribution in [0.2, 0.25) is 0 Å². The summed E-state index contributed by atoms with van der Waals surface area (Å²) in [6.07, 6.45) is 0. The van der Waals surface area contributed by atoms with Gasteiger partial charge in [0.25, 0.3) is 0 Å². The van der Waals surface area contributed by atoms with E-state index in [1.54, 1.807) is 13.2 Å². The molecule has 0 saturated carbocycles. The van der Waals surface area contributed by atoms with E-state index in [2.05, 4.69) is 4.98 Å². The van der Waals surface area contributed by atoms with Crippen molar-refractivity contribution in [3.8, 4) is 28.5 Å². The number of pyridine rings is 1. The molecule has 5 heteroatoms. The molecule has 92 valence electrons. The molecule has 2 N–H and O–H groups in total. The minimum absolute atomic E-state index is 0.261. The van der Waals surface area contributed by atoms with Crippen molar-refractivity contribution in [1.29, 1.82) is 0 Å². The van der Waals surface area contributed by atoms with Crippen molar-refractivity contribution in [2.75, 3.05) is 19.6 Å². The Morgan fingerprint density at radius 2 is 2.00 bits per heavy atom. The Balaban J connectivity index is 2.02. The Kier molecular flexibility index (Phi) is 2.44. The van der Waals surface area contributed by atoms with Gasteiger partial charge in [0.15, 0.2) is 23.1 Å². The molecule has 2 aromatic rings. The summed E-state index contributed by atoms with van der Waals surface area (Å²) in [5, 5.41) is 0. The largest absolute Gasteiger partial charge is 0.493 e. The van der Waals surface area contributed by atoms with E-state index in [9.17, 15) is 0 Å². The minimum atomic E-state index is 0.261. The third-order valence-electron chi connectivity index (χ3n) is 2.77. The first-order chi connectivity index (χ1) is 8.78. The van der Waals surface area contributed by atoms with Gasteiger partial charge in [0.1, 0.15) is 0 Å². The maximum absolute atomic E-state index is 5.79. The van der Waals surface area contributed by atoms with Crippen LogP contribution in [0.15, 0.2) is 30.3 Å². The molecule has 2 heterocycles. The van der Waals surface area contributed by atoms with Crippen molar-refractivity contribution in [2.45, 2.75) is 0 Å². The number of nitrogens with zero attached hydrogens (tertiary/aromatic N) is 1. The van der Waals surface area contributed by atoms with Crippen LogP contribution in [0.5, 0.6) is 17.2 Å². The lowest BCUT2D eigenvalue weighted by molar-refractivity contribution is 0.174. The molecule has 1 aliphatic heterocycles.